The zero-order valence-corrected chi connectivity index (χ0v) is 9.90. The van der Waals surface area contributed by atoms with Crippen LogP contribution in [0.1, 0.15) is 25.7 Å². The fourth-order valence-corrected chi connectivity index (χ4v) is 3.52. The molecular weight excluding hydrogens is 240 g/mol. The monoisotopic (exact) mass is 258 g/mol. The van der Waals surface area contributed by atoms with Crippen LogP contribution in [0.4, 0.5) is 0 Å². The number of aliphatic hydroxyl groups excluding tert-OH is 2. The molecule has 0 aromatic rings. The third kappa shape index (κ3) is 2.35. The molecule has 2 aliphatic rings. The van der Waals surface area contributed by atoms with Crippen LogP contribution < -0.4 is 0 Å². The van der Waals surface area contributed by atoms with Crippen molar-refractivity contribution in [1.82, 2.24) is 0 Å². The van der Waals surface area contributed by atoms with Crippen LogP contribution in [-0.2, 0) is 9.59 Å². The summed E-state index contributed by atoms with van der Waals surface area (Å²) in [4.78, 5) is 22.0. The maximum Gasteiger partial charge on any atom is 0.306 e. The van der Waals surface area contributed by atoms with E-state index < -0.39 is 36.0 Å². The summed E-state index contributed by atoms with van der Waals surface area (Å²) in [7, 11) is 0. The Bertz CT molecular complexity index is 322. The number of aliphatic carboxylic acids is 2. The standard InChI is InChI=1S/C12H18O6/c13-8-3-6(11(15)16)1-5-2-7(12(17)18)4-9(14)10(5)8/h5-10,13-14H,1-4H2,(H,15,16)(H,17,18). The molecule has 0 radical (unpaired) electrons. The second kappa shape index (κ2) is 4.85. The lowest BCUT2D eigenvalue weighted by Gasteiger charge is -2.45. The summed E-state index contributed by atoms with van der Waals surface area (Å²) in [5.74, 6) is -3.79. The van der Waals surface area contributed by atoms with Gasteiger partial charge in [0.1, 0.15) is 0 Å². The molecule has 0 saturated heterocycles. The van der Waals surface area contributed by atoms with E-state index in [2.05, 4.69) is 0 Å². The Morgan fingerprint density at radius 3 is 1.50 bits per heavy atom. The van der Waals surface area contributed by atoms with Gasteiger partial charge in [-0.05, 0) is 31.6 Å². The van der Waals surface area contributed by atoms with Gasteiger partial charge in [-0.25, -0.2) is 0 Å². The molecule has 0 aromatic carbocycles. The Hall–Kier alpha value is -1.14. The van der Waals surface area contributed by atoms with E-state index in [0.29, 0.717) is 12.8 Å². The van der Waals surface area contributed by atoms with E-state index in [1.165, 1.54) is 0 Å². The molecule has 0 heterocycles. The lowest BCUT2D eigenvalue weighted by molar-refractivity contribution is -0.157. The molecule has 0 aliphatic heterocycles. The summed E-state index contributed by atoms with van der Waals surface area (Å²) in [6.07, 6.45) is -0.726. The lowest BCUT2D eigenvalue weighted by atomic mass is 9.62. The molecule has 18 heavy (non-hydrogen) atoms. The van der Waals surface area contributed by atoms with Crippen LogP contribution in [0.25, 0.3) is 0 Å². The van der Waals surface area contributed by atoms with Crippen LogP contribution in [0.5, 0.6) is 0 Å². The fourth-order valence-electron chi connectivity index (χ4n) is 3.52. The molecule has 2 fully saturated rings. The summed E-state index contributed by atoms with van der Waals surface area (Å²) < 4.78 is 0. The molecular formula is C12H18O6. The van der Waals surface area contributed by atoms with Crippen LogP contribution in [0.3, 0.4) is 0 Å². The van der Waals surface area contributed by atoms with Crippen LogP contribution >= 0.6 is 0 Å². The first-order valence-electron chi connectivity index (χ1n) is 6.22. The van der Waals surface area contributed by atoms with Gasteiger partial charge >= 0.3 is 11.9 Å². The van der Waals surface area contributed by atoms with E-state index in [1.54, 1.807) is 0 Å². The number of hydrogen-bond donors (Lipinski definition) is 4. The average Bonchev–Trinajstić information content (AvgIpc) is 2.27. The lowest BCUT2D eigenvalue weighted by Crippen LogP contribution is -2.49. The van der Waals surface area contributed by atoms with Crippen LogP contribution in [0, 0.1) is 23.7 Å². The molecule has 6 nitrogen and oxygen atoms in total. The normalized spacial score (nSPS) is 44.1. The Labute approximate surface area is 104 Å². The molecule has 6 heteroatoms. The van der Waals surface area contributed by atoms with Gasteiger partial charge in [-0.2, -0.15) is 0 Å². The zero-order valence-electron chi connectivity index (χ0n) is 9.90. The van der Waals surface area contributed by atoms with Crippen molar-refractivity contribution in [3.8, 4) is 0 Å². The molecule has 2 saturated carbocycles. The minimum Gasteiger partial charge on any atom is -0.481 e. The molecule has 102 valence electrons. The van der Waals surface area contributed by atoms with Gasteiger partial charge in [0, 0.05) is 5.92 Å². The highest BCUT2D eigenvalue weighted by atomic mass is 16.4. The van der Waals surface area contributed by atoms with Crippen molar-refractivity contribution < 1.29 is 30.0 Å². The number of fused-ring (bicyclic) bond motifs is 1. The van der Waals surface area contributed by atoms with E-state index in [0.717, 1.165) is 0 Å². The predicted octanol–water partition coefficient (Wildman–Crippen LogP) is -0.0702. The van der Waals surface area contributed by atoms with Crippen LogP contribution in [0.2, 0.25) is 0 Å². The number of carbonyl (C=O) groups is 2. The number of hydrogen-bond acceptors (Lipinski definition) is 4. The number of rotatable bonds is 2. The molecule has 2 aliphatic carbocycles. The first-order valence-corrected chi connectivity index (χ1v) is 6.22. The third-order valence-electron chi connectivity index (χ3n) is 4.36. The number of aliphatic hydroxyl groups is 2. The highest BCUT2D eigenvalue weighted by molar-refractivity contribution is 5.71. The Morgan fingerprint density at radius 2 is 1.17 bits per heavy atom. The first kappa shape index (κ1) is 13.3. The smallest absolute Gasteiger partial charge is 0.306 e. The summed E-state index contributed by atoms with van der Waals surface area (Å²) in [5.41, 5.74) is 0. The molecule has 2 rings (SSSR count). The minimum atomic E-state index is -0.959. The van der Waals surface area contributed by atoms with Crippen LogP contribution in [0.15, 0.2) is 0 Å². The third-order valence-corrected chi connectivity index (χ3v) is 4.36. The van der Waals surface area contributed by atoms with Gasteiger partial charge in [-0.15, -0.1) is 0 Å². The number of carboxylic acid groups (broad SMARTS) is 2. The van der Waals surface area contributed by atoms with Crippen molar-refractivity contribution in [3.63, 3.8) is 0 Å². The van der Waals surface area contributed by atoms with Gasteiger partial charge in [0.25, 0.3) is 0 Å². The molecule has 4 N–H and O–H groups in total. The summed E-state index contributed by atoms with van der Waals surface area (Å²) >= 11 is 0. The molecule has 0 spiro atoms. The maximum atomic E-state index is 11.0. The van der Waals surface area contributed by atoms with Crippen molar-refractivity contribution in [2.24, 2.45) is 23.7 Å². The van der Waals surface area contributed by atoms with Gasteiger partial charge < -0.3 is 20.4 Å². The number of carboxylic acids is 2. The second-order valence-electron chi connectivity index (χ2n) is 5.49. The topological polar surface area (TPSA) is 115 Å². The Morgan fingerprint density at radius 1 is 0.778 bits per heavy atom. The fraction of sp³-hybridized carbons (Fsp3) is 0.833. The second-order valence-corrected chi connectivity index (χ2v) is 5.49. The summed E-state index contributed by atoms with van der Waals surface area (Å²) in [6.45, 7) is 0. The molecule has 0 bridgehead atoms. The van der Waals surface area contributed by atoms with E-state index in [-0.39, 0.29) is 24.7 Å². The van der Waals surface area contributed by atoms with E-state index >= 15 is 0 Å². The van der Waals surface area contributed by atoms with Gasteiger partial charge in [0.2, 0.25) is 0 Å². The quantitative estimate of drug-likeness (QED) is 0.551. The highest BCUT2D eigenvalue weighted by Gasteiger charge is 2.48. The Kier molecular flexibility index (Phi) is 3.59. The van der Waals surface area contributed by atoms with Gasteiger partial charge in [-0.3, -0.25) is 9.59 Å². The van der Waals surface area contributed by atoms with E-state index in [1.807, 2.05) is 0 Å². The summed E-state index contributed by atoms with van der Waals surface area (Å²) in [5, 5.41) is 37.9. The molecule has 4 atom stereocenters. The van der Waals surface area contributed by atoms with E-state index in [9.17, 15) is 19.8 Å². The van der Waals surface area contributed by atoms with Crippen molar-refractivity contribution in [3.05, 3.63) is 0 Å². The average molecular weight is 258 g/mol. The maximum absolute atomic E-state index is 11.0. The molecule has 0 amide bonds. The minimum absolute atomic E-state index is 0.144. The molecule has 4 unspecified atom stereocenters. The highest BCUT2D eigenvalue weighted by Crippen LogP contribution is 2.45. The largest absolute Gasteiger partial charge is 0.481 e. The van der Waals surface area contributed by atoms with Crippen molar-refractivity contribution in [2.45, 2.75) is 37.9 Å². The van der Waals surface area contributed by atoms with Crippen LogP contribution in [-0.4, -0.2) is 44.6 Å². The summed E-state index contributed by atoms with van der Waals surface area (Å²) in [6, 6.07) is 0. The zero-order chi connectivity index (χ0) is 13.4. The van der Waals surface area contributed by atoms with Gasteiger partial charge in [0.15, 0.2) is 0 Å². The molecule has 0 aromatic heterocycles. The Balaban J connectivity index is 2.14. The van der Waals surface area contributed by atoms with E-state index in [4.69, 9.17) is 10.2 Å². The van der Waals surface area contributed by atoms with Gasteiger partial charge in [0.05, 0.1) is 24.0 Å². The van der Waals surface area contributed by atoms with Crippen molar-refractivity contribution in [2.75, 3.05) is 0 Å². The first-order chi connectivity index (χ1) is 8.40. The van der Waals surface area contributed by atoms with Crippen molar-refractivity contribution >= 4 is 11.9 Å². The van der Waals surface area contributed by atoms with Gasteiger partial charge in [-0.1, -0.05) is 0 Å². The van der Waals surface area contributed by atoms with Crippen molar-refractivity contribution in [1.29, 1.82) is 0 Å². The predicted molar refractivity (Wildman–Crippen MR) is 59.7 cm³/mol. The SMILES string of the molecule is O=C(O)C1CC(O)C2C(O)CC(C(=O)O)CC2C1.